The summed E-state index contributed by atoms with van der Waals surface area (Å²) >= 11 is 0. The molecule has 0 amide bonds. The molecule has 2 unspecified atom stereocenters. The second-order valence-corrected chi connectivity index (χ2v) is 9.45. The monoisotopic (exact) mass is 471 g/mol. The third-order valence-electron chi connectivity index (χ3n) is 7.18. The van der Waals surface area contributed by atoms with Crippen molar-refractivity contribution in [3.05, 3.63) is 95.9 Å². The van der Waals surface area contributed by atoms with Gasteiger partial charge >= 0.3 is 0 Å². The minimum atomic E-state index is -0.183. The van der Waals surface area contributed by atoms with Gasteiger partial charge in [0, 0.05) is 56.4 Å². The lowest BCUT2D eigenvalue weighted by molar-refractivity contribution is -0.00962. The van der Waals surface area contributed by atoms with E-state index in [-0.39, 0.29) is 18.0 Å². The Kier molecular flexibility index (Phi) is 6.15. The third-order valence-corrected chi connectivity index (χ3v) is 7.18. The molecule has 0 saturated carbocycles. The summed E-state index contributed by atoms with van der Waals surface area (Å²) in [7, 11) is 0. The zero-order chi connectivity index (χ0) is 23.6. The summed E-state index contributed by atoms with van der Waals surface area (Å²) < 4.78 is 26.6. The van der Waals surface area contributed by atoms with Gasteiger partial charge in [0.05, 0.1) is 0 Å². The lowest BCUT2D eigenvalue weighted by atomic mass is 10.0. The van der Waals surface area contributed by atoms with Crippen LogP contribution in [-0.2, 0) is 6.42 Å². The number of fused-ring (bicyclic) bond motifs is 2. The van der Waals surface area contributed by atoms with Gasteiger partial charge in [0.15, 0.2) is 23.7 Å². The number of piperazine rings is 1. The first-order valence-corrected chi connectivity index (χ1v) is 12.4. The number of ether oxygens (including phenoxy) is 2. The Morgan fingerprint density at radius 3 is 2.34 bits per heavy atom. The van der Waals surface area contributed by atoms with Crippen molar-refractivity contribution < 1.29 is 13.9 Å². The van der Waals surface area contributed by atoms with Crippen LogP contribution in [0.2, 0.25) is 0 Å². The molecule has 1 saturated heterocycles. The molecule has 2 aliphatic heterocycles. The summed E-state index contributed by atoms with van der Waals surface area (Å²) in [5.74, 6) is 1.44. The predicted octanol–water partition coefficient (Wildman–Crippen LogP) is 5.05. The molecule has 2 aliphatic rings. The van der Waals surface area contributed by atoms with Crippen molar-refractivity contribution in [1.29, 1.82) is 0 Å². The van der Waals surface area contributed by atoms with Gasteiger partial charge in [-0.3, -0.25) is 4.90 Å². The fraction of sp³-hybridized carbons (Fsp3) is 0.310. The van der Waals surface area contributed by atoms with E-state index in [2.05, 4.69) is 39.0 Å². The van der Waals surface area contributed by atoms with Crippen LogP contribution in [0, 0.1) is 5.82 Å². The number of aromatic nitrogens is 1. The van der Waals surface area contributed by atoms with Crippen LogP contribution in [0.25, 0.3) is 10.9 Å². The molecular weight excluding hydrogens is 441 g/mol. The number of benzene rings is 3. The number of para-hydroxylation sites is 2. The van der Waals surface area contributed by atoms with Crippen molar-refractivity contribution in [2.75, 3.05) is 39.3 Å². The van der Waals surface area contributed by atoms with E-state index in [9.17, 15) is 4.39 Å². The van der Waals surface area contributed by atoms with Crippen LogP contribution in [0.4, 0.5) is 4.39 Å². The Bertz CT molecular complexity index is 1280. The SMILES string of the molecule is Fc1ccc2[nH]cc(CCN3CCN(CC4Oc5ccccc5OC4c4ccccc4)CC3)c2c1. The predicted molar refractivity (Wildman–Crippen MR) is 136 cm³/mol. The number of halogens is 1. The molecular formula is C29H30FN3O2. The zero-order valence-corrected chi connectivity index (χ0v) is 19.7. The molecule has 1 aromatic heterocycles. The molecule has 0 aliphatic carbocycles. The van der Waals surface area contributed by atoms with Crippen LogP contribution < -0.4 is 9.47 Å². The first-order valence-electron chi connectivity index (χ1n) is 12.4. The van der Waals surface area contributed by atoms with E-state index in [1.807, 2.05) is 42.6 Å². The Morgan fingerprint density at radius 1 is 0.829 bits per heavy atom. The van der Waals surface area contributed by atoms with Crippen LogP contribution in [-0.4, -0.2) is 60.2 Å². The maximum absolute atomic E-state index is 13.7. The molecule has 0 spiro atoms. The van der Waals surface area contributed by atoms with Crippen LogP contribution >= 0.6 is 0 Å². The molecule has 3 heterocycles. The lowest BCUT2D eigenvalue weighted by Gasteiger charge is -2.40. The summed E-state index contributed by atoms with van der Waals surface area (Å²) in [5.41, 5.74) is 3.32. The molecule has 4 aromatic rings. The van der Waals surface area contributed by atoms with Gasteiger partial charge in [0.1, 0.15) is 5.82 Å². The number of H-pyrrole nitrogens is 1. The molecule has 0 radical (unpaired) electrons. The second-order valence-electron chi connectivity index (χ2n) is 9.45. The Labute approximate surface area is 205 Å². The Balaban J connectivity index is 1.07. The number of hydrogen-bond acceptors (Lipinski definition) is 4. The second kappa shape index (κ2) is 9.72. The average Bonchev–Trinajstić information content (AvgIpc) is 3.30. The average molecular weight is 472 g/mol. The highest BCUT2D eigenvalue weighted by molar-refractivity contribution is 5.83. The molecule has 5 nitrogen and oxygen atoms in total. The van der Waals surface area contributed by atoms with Gasteiger partial charge in [0.2, 0.25) is 0 Å². The van der Waals surface area contributed by atoms with Gasteiger partial charge in [0.25, 0.3) is 0 Å². The number of hydrogen-bond donors (Lipinski definition) is 1. The standard InChI is InChI=1S/C29H30FN3O2/c30-23-10-11-25-24(18-23)22(19-31-25)12-13-32-14-16-33(17-15-32)20-28-29(21-6-2-1-3-7-21)35-27-9-5-4-8-26(27)34-28/h1-11,18-19,28-29,31H,12-17,20H2. The van der Waals surface area contributed by atoms with E-state index >= 15 is 0 Å². The fourth-order valence-electron chi connectivity index (χ4n) is 5.23. The normalized spacial score (nSPS) is 20.8. The Morgan fingerprint density at radius 2 is 1.54 bits per heavy atom. The van der Waals surface area contributed by atoms with Crippen LogP contribution in [0.5, 0.6) is 11.5 Å². The minimum absolute atomic E-state index is 0.0695. The van der Waals surface area contributed by atoms with E-state index < -0.39 is 0 Å². The summed E-state index contributed by atoms with van der Waals surface area (Å²) in [6, 6.07) is 23.2. The molecule has 0 bridgehead atoms. The van der Waals surface area contributed by atoms with Gasteiger partial charge in [-0.1, -0.05) is 42.5 Å². The smallest absolute Gasteiger partial charge is 0.162 e. The topological polar surface area (TPSA) is 40.7 Å². The number of nitrogens with zero attached hydrogens (tertiary/aromatic N) is 2. The van der Waals surface area contributed by atoms with Crippen LogP contribution in [0.3, 0.4) is 0 Å². The molecule has 1 fully saturated rings. The van der Waals surface area contributed by atoms with Crippen molar-refractivity contribution in [2.45, 2.75) is 18.6 Å². The van der Waals surface area contributed by atoms with Crippen LogP contribution in [0.1, 0.15) is 17.2 Å². The van der Waals surface area contributed by atoms with Gasteiger partial charge in [-0.05, 0) is 47.9 Å². The largest absolute Gasteiger partial charge is 0.481 e. The summed E-state index contributed by atoms with van der Waals surface area (Å²) in [6.07, 6.45) is 2.73. The molecule has 6 rings (SSSR count). The first kappa shape index (κ1) is 22.1. The molecule has 3 aromatic carbocycles. The number of rotatable bonds is 6. The van der Waals surface area contributed by atoms with Crippen molar-refractivity contribution in [1.82, 2.24) is 14.8 Å². The highest BCUT2D eigenvalue weighted by atomic mass is 19.1. The van der Waals surface area contributed by atoms with Crippen molar-refractivity contribution in [3.63, 3.8) is 0 Å². The fourth-order valence-corrected chi connectivity index (χ4v) is 5.23. The lowest BCUT2D eigenvalue weighted by Crippen LogP contribution is -2.51. The molecule has 1 N–H and O–H groups in total. The Hall–Kier alpha value is -3.35. The molecule has 35 heavy (non-hydrogen) atoms. The van der Waals surface area contributed by atoms with E-state index in [4.69, 9.17) is 9.47 Å². The van der Waals surface area contributed by atoms with Crippen molar-refractivity contribution in [2.24, 2.45) is 0 Å². The summed E-state index contributed by atoms with van der Waals surface area (Å²) in [4.78, 5) is 8.24. The molecule has 2 atom stereocenters. The van der Waals surface area contributed by atoms with E-state index in [0.29, 0.717) is 0 Å². The van der Waals surface area contributed by atoms with E-state index in [1.165, 1.54) is 11.6 Å². The van der Waals surface area contributed by atoms with Gasteiger partial charge in [-0.15, -0.1) is 0 Å². The summed E-state index contributed by atoms with van der Waals surface area (Å²) in [6.45, 7) is 5.80. The number of nitrogens with one attached hydrogen (secondary N) is 1. The maximum Gasteiger partial charge on any atom is 0.162 e. The quantitative estimate of drug-likeness (QED) is 0.427. The van der Waals surface area contributed by atoms with E-state index in [1.54, 1.807) is 6.07 Å². The first-order chi connectivity index (χ1) is 17.2. The van der Waals surface area contributed by atoms with Crippen molar-refractivity contribution in [3.8, 4) is 11.5 Å². The van der Waals surface area contributed by atoms with Gasteiger partial charge in [-0.25, -0.2) is 4.39 Å². The molecule has 180 valence electrons. The number of aromatic amines is 1. The van der Waals surface area contributed by atoms with Gasteiger partial charge < -0.3 is 19.4 Å². The van der Waals surface area contributed by atoms with Crippen molar-refractivity contribution >= 4 is 10.9 Å². The molecule has 6 heteroatoms. The van der Waals surface area contributed by atoms with E-state index in [0.717, 1.165) is 73.7 Å². The van der Waals surface area contributed by atoms with Crippen LogP contribution in [0.15, 0.2) is 79.0 Å². The zero-order valence-electron chi connectivity index (χ0n) is 19.7. The highest BCUT2D eigenvalue weighted by Gasteiger charge is 2.34. The van der Waals surface area contributed by atoms with Gasteiger partial charge in [-0.2, -0.15) is 0 Å². The highest BCUT2D eigenvalue weighted by Crippen LogP contribution is 2.39. The minimum Gasteiger partial charge on any atom is -0.481 e. The maximum atomic E-state index is 13.7. The third kappa shape index (κ3) is 4.77. The summed E-state index contributed by atoms with van der Waals surface area (Å²) in [5, 5.41) is 0.991.